The van der Waals surface area contributed by atoms with Crippen molar-refractivity contribution >= 4 is 16.9 Å². The van der Waals surface area contributed by atoms with Gasteiger partial charge in [-0.15, -0.1) is 0 Å². The number of alkyl halides is 2. The highest BCUT2D eigenvalue weighted by molar-refractivity contribution is 5.93. The second-order valence-corrected chi connectivity index (χ2v) is 7.63. The Morgan fingerprint density at radius 2 is 2.06 bits per heavy atom. The number of hydrogen-bond acceptors (Lipinski definition) is 5. The first-order chi connectivity index (χ1) is 15.0. The number of aromatic amines is 1. The fourth-order valence-corrected chi connectivity index (χ4v) is 3.67. The number of hydrogen-bond donors (Lipinski definition) is 2. The van der Waals surface area contributed by atoms with E-state index in [1.165, 1.54) is 12.4 Å². The molecule has 1 aliphatic rings. The highest BCUT2D eigenvalue weighted by Gasteiger charge is 2.25. The second kappa shape index (κ2) is 7.55. The summed E-state index contributed by atoms with van der Waals surface area (Å²) in [4.78, 5) is 26.6. The molecule has 1 saturated heterocycles. The van der Waals surface area contributed by atoms with Crippen LogP contribution in [0.25, 0.3) is 33.5 Å². The zero-order valence-electron chi connectivity index (χ0n) is 16.6. The van der Waals surface area contributed by atoms with E-state index in [0.29, 0.717) is 33.0 Å². The number of carbonyl (C=O) groups excluding carboxylic acids is 1. The summed E-state index contributed by atoms with van der Waals surface area (Å²) in [6.45, 7) is -1.03. The van der Waals surface area contributed by atoms with E-state index >= 15 is 0 Å². The Hall–Kier alpha value is -3.66. The highest BCUT2D eigenvalue weighted by Crippen LogP contribution is 2.27. The predicted molar refractivity (Wildman–Crippen MR) is 111 cm³/mol. The van der Waals surface area contributed by atoms with Crippen molar-refractivity contribution < 1.29 is 13.6 Å². The van der Waals surface area contributed by atoms with E-state index in [-0.39, 0.29) is 11.9 Å². The molecule has 0 saturated carbocycles. The normalized spacial score (nSPS) is 14.8. The summed E-state index contributed by atoms with van der Waals surface area (Å²) in [6, 6.07) is 9.15. The molecule has 5 heterocycles. The van der Waals surface area contributed by atoms with Crippen molar-refractivity contribution in [2.24, 2.45) is 0 Å². The van der Waals surface area contributed by atoms with Crippen LogP contribution in [0, 0.1) is 0 Å². The Kier molecular flexibility index (Phi) is 4.70. The lowest BCUT2D eigenvalue weighted by atomic mass is 10.1. The number of amides is 1. The van der Waals surface area contributed by atoms with Gasteiger partial charge in [0.05, 0.1) is 23.6 Å². The van der Waals surface area contributed by atoms with Crippen molar-refractivity contribution in [1.29, 1.82) is 0 Å². The minimum Gasteiger partial charge on any atom is -0.345 e. The number of halogens is 2. The third-order valence-corrected chi connectivity index (χ3v) is 5.26. The number of rotatable bonds is 5. The molecule has 31 heavy (non-hydrogen) atoms. The number of pyridine rings is 2. The molecule has 0 spiro atoms. The van der Waals surface area contributed by atoms with Crippen LogP contribution in [-0.4, -0.2) is 61.7 Å². The van der Waals surface area contributed by atoms with Crippen molar-refractivity contribution in [3.05, 3.63) is 54.6 Å². The molecule has 0 aromatic carbocycles. The predicted octanol–water partition coefficient (Wildman–Crippen LogP) is 2.93. The third-order valence-electron chi connectivity index (χ3n) is 5.26. The van der Waals surface area contributed by atoms with Crippen LogP contribution in [0.3, 0.4) is 0 Å². The lowest BCUT2D eigenvalue weighted by Gasteiger charge is -2.36. The topological polar surface area (TPSA) is 91.7 Å². The average molecular weight is 423 g/mol. The fraction of sp³-hybridized carbons (Fsp3) is 0.238. The lowest BCUT2D eigenvalue weighted by Crippen LogP contribution is -2.57. The molecule has 8 nitrogen and oxygen atoms in total. The summed E-state index contributed by atoms with van der Waals surface area (Å²) in [6.07, 6.45) is 4.32. The molecule has 1 aliphatic heterocycles. The first-order valence-electron chi connectivity index (χ1n) is 9.74. The van der Waals surface area contributed by atoms with Gasteiger partial charge in [0.2, 0.25) is 0 Å². The Labute approximate surface area is 175 Å². The molecule has 0 bridgehead atoms. The van der Waals surface area contributed by atoms with Gasteiger partial charge in [-0.05, 0) is 31.3 Å². The van der Waals surface area contributed by atoms with E-state index in [2.05, 4.69) is 30.3 Å². The summed E-state index contributed by atoms with van der Waals surface area (Å²) in [7, 11) is 2.00. The van der Waals surface area contributed by atoms with Crippen LogP contribution in [0.2, 0.25) is 0 Å². The van der Waals surface area contributed by atoms with Gasteiger partial charge in [-0.25, -0.2) is 14.6 Å². The zero-order chi connectivity index (χ0) is 21.5. The SMILES string of the molecule is CN1CC(NC(=O)c2cccc(-c3cnc4[nH]c(-c5cnn(C(F)F)c5)cc4c3)n2)C1. The molecule has 158 valence electrons. The molecule has 4 aromatic rings. The summed E-state index contributed by atoms with van der Waals surface area (Å²) in [5.41, 5.74) is 3.52. The Morgan fingerprint density at radius 1 is 1.23 bits per heavy atom. The van der Waals surface area contributed by atoms with Gasteiger partial charge in [0, 0.05) is 42.0 Å². The van der Waals surface area contributed by atoms with Crippen LogP contribution >= 0.6 is 0 Å². The Balaban J connectivity index is 1.40. The number of likely N-dealkylation sites (tertiary alicyclic amines) is 1. The number of carbonyl (C=O) groups is 1. The lowest BCUT2D eigenvalue weighted by molar-refractivity contribution is 0.0566. The van der Waals surface area contributed by atoms with Crippen LogP contribution in [-0.2, 0) is 0 Å². The molecule has 0 radical (unpaired) electrons. The summed E-state index contributed by atoms with van der Waals surface area (Å²) >= 11 is 0. The van der Waals surface area contributed by atoms with Gasteiger partial charge in [0.25, 0.3) is 5.91 Å². The fourth-order valence-electron chi connectivity index (χ4n) is 3.67. The number of fused-ring (bicyclic) bond motifs is 1. The molecule has 0 aliphatic carbocycles. The molecule has 0 unspecified atom stereocenters. The van der Waals surface area contributed by atoms with E-state index in [1.807, 2.05) is 25.2 Å². The molecular formula is C21H19F2N7O. The molecule has 5 rings (SSSR count). The number of H-pyrrole nitrogens is 1. The number of nitrogens with zero attached hydrogens (tertiary/aromatic N) is 5. The minimum atomic E-state index is -2.69. The van der Waals surface area contributed by atoms with Crippen LogP contribution < -0.4 is 5.32 Å². The van der Waals surface area contributed by atoms with Crippen LogP contribution in [0.4, 0.5) is 8.78 Å². The second-order valence-electron chi connectivity index (χ2n) is 7.63. The molecular weight excluding hydrogens is 404 g/mol. The Bertz CT molecular complexity index is 1260. The molecule has 10 heteroatoms. The van der Waals surface area contributed by atoms with Gasteiger partial charge in [-0.2, -0.15) is 13.9 Å². The van der Waals surface area contributed by atoms with Crippen molar-refractivity contribution in [3.8, 4) is 22.5 Å². The van der Waals surface area contributed by atoms with E-state index in [0.717, 1.165) is 24.0 Å². The standard InChI is InChI=1S/C21H19F2N7O/c1-29-10-15(11-29)26-20(31)17-4-2-3-16(27-17)13-5-12-6-18(28-19(12)24-7-13)14-8-25-30(9-14)21(22)23/h2-9,15,21H,10-11H2,1H3,(H,24,28)(H,26,31). The average Bonchev–Trinajstić information content (AvgIpc) is 3.39. The monoisotopic (exact) mass is 423 g/mol. The maximum absolute atomic E-state index is 12.8. The third kappa shape index (κ3) is 3.77. The van der Waals surface area contributed by atoms with E-state index < -0.39 is 6.55 Å². The number of nitrogens with one attached hydrogen (secondary N) is 2. The van der Waals surface area contributed by atoms with Crippen LogP contribution in [0.5, 0.6) is 0 Å². The van der Waals surface area contributed by atoms with Crippen LogP contribution in [0.15, 0.2) is 48.9 Å². The summed E-state index contributed by atoms with van der Waals surface area (Å²) in [5, 5.41) is 7.44. The van der Waals surface area contributed by atoms with E-state index in [4.69, 9.17) is 0 Å². The van der Waals surface area contributed by atoms with Crippen LogP contribution in [0.1, 0.15) is 17.0 Å². The largest absolute Gasteiger partial charge is 0.345 e. The zero-order valence-corrected chi connectivity index (χ0v) is 16.6. The van der Waals surface area contributed by atoms with Gasteiger partial charge in [0.15, 0.2) is 0 Å². The van der Waals surface area contributed by atoms with Gasteiger partial charge >= 0.3 is 6.55 Å². The Morgan fingerprint density at radius 3 is 2.81 bits per heavy atom. The van der Waals surface area contributed by atoms with Crippen molar-refractivity contribution in [1.82, 2.24) is 34.9 Å². The van der Waals surface area contributed by atoms with Crippen molar-refractivity contribution in [3.63, 3.8) is 0 Å². The van der Waals surface area contributed by atoms with E-state index in [1.54, 1.807) is 18.3 Å². The first-order valence-corrected chi connectivity index (χ1v) is 9.74. The maximum atomic E-state index is 12.8. The molecule has 0 atom stereocenters. The molecule has 1 fully saturated rings. The van der Waals surface area contributed by atoms with Gasteiger partial charge in [-0.1, -0.05) is 6.07 Å². The smallest absolute Gasteiger partial charge is 0.333 e. The molecule has 1 amide bonds. The maximum Gasteiger partial charge on any atom is 0.333 e. The van der Waals surface area contributed by atoms with Crippen molar-refractivity contribution in [2.45, 2.75) is 12.6 Å². The van der Waals surface area contributed by atoms with Gasteiger partial charge < -0.3 is 15.2 Å². The van der Waals surface area contributed by atoms with E-state index in [9.17, 15) is 13.6 Å². The van der Waals surface area contributed by atoms with Gasteiger partial charge in [-0.3, -0.25) is 4.79 Å². The summed E-state index contributed by atoms with van der Waals surface area (Å²) < 4.78 is 26.2. The molecule has 2 N–H and O–H groups in total. The quantitative estimate of drug-likeness (QED) is 0.515. The van der Waals surface area contributed by atoms with Crippen molar-refractivity contribution in [2.75, 3.05) is 20.1 Å². The summed E-state index contributed by atoms with van der Waals surface area (Å²) in [5.74, 6) is -0.200. The molecule has 4 aromatic heterocycles. The number of likely N-dealkylation sites (N-methyl/N-ethyl adjacent to an activating group) is 1. The minimum absolute atomic E-state index is 0.147. The highest BCUT2D eigenvalue weighted by atomic mass is 19.3. The number of aromatic nitrogens is 5. The first kappa shape index (κ1) is 19.3. The van der Waals surface area contributed by atoms with Gasteiger partial charge in [0.1, 0.15) is 11.3 Å².